The van der Waals surface area contributed by atoms with Crippen LogP contribution in [-0.4, -0.2) is 51.1 Å². The van der Waals surface area contributed by atoms with Gasteiger partial charge in [-0.25, -0.2) is 4.98 Å². The van der Waals surface area contributed by atoms with Crippen molar-refractivity contribution >= 4 is 15.9 Å². The van der Waals surface area contributed by atoms with E-state index in [4.69, 9.17) is 0 Å². The zero-order chi connectivity index (χ0) is 15.8. The lowest BCUT2D eigenvalue weighted by molar-refractivity contribution is 0.0512. The fraction of sp³-hybridized carbons (Fsp3) is 0.733. The summed E-state index contributed by atoms with van der Waals surface area (Å²) in [5.74, 6) is 0.922. The molecule has 1 saturated heterocycles. The third-order valence-corrected chi connectivity index (χ3v) is 5.22. The first-order chi connectivity index (χ1) is 9.75. The molecule has 21 heavy (non-hydrogen) atoms. The van der Waals surface area contributed by atoms with Crippen LogP contribution < -0.4 is 0 Å². The predicted molar refractivity (Wildman–Crippen MR) is 86.9 cm³/mol. The minimum atomic E-state index is -0.276. The molecular weight excluding hydrogens is 330 g/mol. The van der Waals surface area contributed by atoms with E-state index in [2.05, 4.69) is 57.6 Å². The second-order valence-corrected chi connectivity index (χ2v) is 7.37. The monoisotopic (exact) mass is 353 g/mol. The molecule has 6 heteroatoms. The van der Waals surface area contributed by atoms with Gasteiger partial charge in [-0.15, -0.1) is 0 Å². The van der Waals surface area contributed by atoms with Crippen LogP contribution in [0.1, 0.15) is 38.3 Å². The van der Waals surface area contributed by atoms with Gasteiger partial charge < -0.3 is 4.57 Å². The molecule has 1 aliphatic rings. The Labute approximate surface area is 135 Å². The molecule has 5 nitrogen and oxygen atoms in total. The van der Waals surface area contributed by atoms with Crippen LogP contribution in [0.15, 0.2) is 4.60 Å². The highest BCUT2D eigenvalue weighted by molar-refractivity contribution is 9.10. The molecule has 1 atom stereocenters. The van der Waals surface area contributed by atoms with Gasteiger partial charge in [0, 0.05) is 38.8 Å². The maximum Gasteiger partial charge on any atom is 0.143 e. The average molecular weight is 354 g/mol. The van der Waals surface area contributed by atoms with Crippen molar-refractivity contribution in [3.8, 4) is 6.07 Å². The quantitative estimate of drug-likeness (QED) is 0.819. The largest absolute Gasteiger partial charge is 0.326 e. The number of aromatic nitrogens is 2. The lowest BCUT2D eigenvalue weighted by atomic mass is 10.0. The molecule has 0 aliphatic carbocycles. The SMILES string of the molecule is Cc1nc(C(C#N)N2CCN(C(C)(C)C)CC2)c(Br)n1C. The molecule has 116 valence electrons. The van der Waals surface area contributed by atoms with E-state index in [1.165, 1.54) is 0 Å². The Morgan fingerprint density at radius 3 is 2.19 bits per heavy atom. The van der Waals surface area contributed by atoms with Crippen molar-refractivity contribution in [1.82, 2.24) is 19.4 Å². The first-order valence-electron chi connectivity index (χ1n) is 7.33. The minimum absolute atomic E-state index is 0.191. The number of imidazole rings is 1. The van der Waals surface area contributed by atoms with Crippen LogP contribution in [0.3, 0.4) is 0 Å². The Kier molecular flexibility index (Phi) is 4.76. The molecule has 1 aromatic rings. The van der Waals surface area contributed by atoms with Gasteiger partial charge in [-0.3, -0.25) is 9.80 Å². The fourth-order valence-electron chi connectivity index (χ4n) is 2.75. The van der Waals surface area contributed by atoms with Gasteiger partial charge in [0.15, 0.2) is 0 Å². The van der Waals surface area contributed by atoms with Crippen molar-refractivity contribution in [1.29, 1.82) is 5.26 Å². The van der Waals surface area contributed by atoms with Crippen LogP contribution in [0.2, 0.25) is 0 Å². The number of nitrogens with zero attached hydrogens (tertiary/aromatic N) is 5. The van der Waals surface area contributed by atoms with Crippen molar-refractivity contribution in [3.63, 3.8) is 0 Å². The molecule has 1 unspecified atom stereocenters. The van der Waals surface area contributed by atoms with Gasteiger partial charge in [0.1, 0.15) is 22.2 Å². The third-order valence-electron chi connectivity index (χ3n) is 4.28. The molecule has 2 rings (SSSR count). The van der Waals surface area contributed by atoms with E-state index in [1.807, 2.05) is 18.5 Å². The summed E-state index contributed by atoms with van der Waals surface area (Å²) in [6.07, 6.45) is 0. The summed E-state index contributed by atoms with van der Waals surface area (Å²) in [6, 6.07) is 2.15. The number of rotatable bonds is 2. The smallest absolute Gasteiger partial charge is 0.143 e. The molecule has 0 saturated carbocycles. The number of nitriles is 1. The summed E-state index contributed by atoms with van der Waals surface area (Å²) in [4.78, 5) is 9.26. The summed E-state index contributed by atoms with van der Waals surface area (Å²) in [5.41, 5.74) is 1.03. The lowest BCUT2D eigenvalue weighted by Gasteiger charge is -2.43. The lowest BCUT2D eigenvalue weighted by Crippen LogP contribution is -2.53. The average Bonchev–Trinajstić information content (AvgIpc) is 2.67. The van der Waals surface area contributed by atoms with Crippen LogP contribution in [0.4, 0.5) is 0 Å². The Morgan fingerprint density at radius 1 is 1.24 bits per heavy atom. The maximum absolute atomic E-state index is 9.61. The van der Waals surface area contributed by atoms with Gasteiger partial charge in [-0.05, 0) is 43.6 Å². The van der Waals surface area contributed by atoms with Gasteiger partial charge in [-0.1, -0.05) is 0 Å². The topological polar surface area (TPSA) is 48.1 Å². The summed E-state index contributed by atoms with van der Waals surface area (Å²) in [6.45, 7) is 12.5. The van der Waals surface area contributed by atoms with Crippen molar-refractivity contribution < 1.29 is 0 Å². The molecule has 0 aromatic carbocycles. The van der Waals surface area contributed by atoms with Crippen LogP contribution in [0.5, 0.6) is 0 Å². The highest BCUT2D eigenvalue weighted by Gasteiger charge is 2.32. The van der Waals surface area contributed by atoms with Crippen molar-refractivity contribution in [2.45, 2.75) is 39.3 Å². The number of piperazine rings is 1. The van der Waals surface area contributed by atoms with Gasteiger partial charge in [0.05, 0.1) is 6.07 Å². The molecule has 0 radical (unpaired) electrons. The highest BCUT2D eigenvalue weighted by Crippen LogP contribution is 2.29. The second-order valence-electron chi connectivity index (χ2n) is 6.62. The fourth-order valence-corrected chi connectivity index (χ4v) is 3.31. The van der Waals surface area contributed by atoms with Crippen molar-refractivity contribution in [3.05, 3.63) is 16.1 Å². The van der Waals surface area contributed by atoms with E-state index < -0.39 is 0 Å². The van der Waals surface area contributed by atoms with E-state index in [0.29, 0.717) is 0 Å². The summed E-state index contributed by atoms with van der Waals surface area (Å²) in [7, 11) is 1.96. The van der Waals surface area contributed by atoms with Crippen molar-refractivity contribution in [2.75, 3.05) is 26.2 Å². The molecule has 0 N–H and O–H groups in total. The van der Waals surface area contributed by atoms with E-state index in [1.54, 1.807) is 0 Å². The molecule has 0 amide bonds. The Bertz CT molecular complexity index is 544. The van der Waals surface area contributed by atoms with E-state index >= 15 is 0 Å². The van der Waals surface area contributed by atoms with Gasteiger partial charge in [0.25, 0.3) is 0 Å². The third kappa shape index (κ3) is 3.31. The van der Waals surface area contributed by atoms with Gasteiger partial charge >= 0.3 is 0 Å². The zero-order valence-corrected chi connectivity index (χ0v) is 15.1. The Balaban J connectivity index is 2.14. The van der Waals surface area contributed by atoms with Crippen LogP contribution in [0, 0.1) is 18.3 Å². The van der Waals surface area contributed by atoms with Gasteiger partial charge in [0.2, 0.25) is 0 Å². The van der Waals surface area contributed by atoms with Crippen molar-refractivity contribution in [2.24, 2.45) is 7.05 Å². The maximum atomic E-state index is 9.61. The molecular formula is C15H24BrN5. The standard InChI is InChI=1S/C15H24BrN5/c1-11-18-13(14(16)19(11)5)12(10-17)20-6-8-21(9-7-20)15(2,3)4/h12H,6-9H2,1-5H3. The Hall–Kier alpha value is -0.900. The summed E-state index contributed by atoms with van der Waals surface area (Å²) >= 11 is 3.56. The second kappa shape index (κ2) is 6.07. The predicted octanol–water partition coefficient (Wildman–Crippen LogP) is 2.47. The zero-order valence-electron chi connectivity index (χ0n) is 13.5. The van der Waals surface area contributed by atoms with Crippen LogP contribution in [-0.2, 0) is 7.05 Å². The number of hydrogen-bond donors (Lipinski definition) is 0. The van der Waals surface area contributed by atoms with E-state index in [-0.39, 0.29) is 11.6 Å². The first kappa shape index (κ1) is 16.5. The molecule has 1 aliphatic heterocycles. The number of halogens is 1. The van der Waals surface area contributed by atoms with E-state index in [0.717, 1.165) is 42.3 Å². The van der Waals surface area contributed by atoms with Crippen LogP contribution in [0.25, 0.3) is 0 Å². The highest BCUT2D eigenvalue weighted by atomic mass is 79.9. The molecule has 0 bridgehead atoms. The Morgan fingerprint density at radius 2 is 1.81 bits per heavy atom. The normalized spacial score (nSPS) is 19.5. The summed E-state index contributed by atoms with van der Waals surface area (Å²) in [5, 5.41) is 9.61. The number of aryl methyl sites for hydroxylation is 1. The minimum Gasteiger partial charge on any atom is -0.326 e. The molecule has 1 aromatic heterocycles. The summed E-state index contributed by atoms with van der Waals surface area (Å²) < 4.78 is 2.88. The molecule has 1 fully saturated rings. The number of hydrogen-bond acceptors (Lipinski definition) is 4. The molecule has 2 heterocycles. The first-order valence-corrected chi connectivity index (χ1v) is 8.12. The van der Waals surface area contributed by atoms with Crippen LogP contribution >= 0.6 is 15.9 Å². The van der Waals surface area contributed by atoms with E-state index in [9.17, 15) is 5.26 Å². The molecule has 0 spiro atoms. The van der Waals surface area contributed by atoms with Gasteiger partial charge in [-0.2, -0.15) is 5.26 Å².